The average molecular weight is 314 g/mol. The van der Waals surface area contributed by atoms with Crippen molar-refractivity contribution in [3.8, 4) is 0 Å². The van der Waals surface area contributed by atoms with Gasteiger partial charge in [-0.25, -0.2) is 12.7 Å². The Morgan fingerprint density at radius 3 is 2.10 bits per heavy atom. The molecule has 1 N–H and O–H groups in total. The van der Waals surface area contributed by atoms with Crippen LogP contribution in [0.25, 0.3) is 0 Å². The molecule has 0 aromatic rings. The van der Waals surface area contributed by atoms with E-state index in [0.717, 1.165) is 50.6 Å². The molecule has 4 nitrogen and oxygen atoms in total. The Kier molecular flexibility index (Phi) is 4.63. The van der Waals surface area contributed by atoms with Gasteiger partial charge < -0.3 is 5.32 Å². The van der Waals surface area contributed by atoms with Crippen LogP contribution in [0.4, 0.5) is 0 Å². The Bertz CT molecular complexity index is 453. The van der Waals surface area contributed by atoms with Crippen LogP contribution in [-0.4, -0.2) is 43.1 Å². The van der Waals surface area contributed by atoms with Crippen molar-refractivity contribution in [2.45, 2.75) is 76.1 Å². The van der Waals surface area contributed by atoms with Gasteiger partial charge in [-0.2, -0.15) is 0 Å². The first kappa shape index (κ1) is 15.8. The maximum absolute atomic E-state index is 12.2. The zero-order valence-corrected chi connectivity index (χ0v) is 14.2. The molecular weight excluding hydrogens is 284 g/mol. The van der Waals surface area contributed by atoms with Gasteiger partial charge >= 0.3 is 0 Å². The van der Waals surface area contributed by atoms with Gasteiger partial charge in [0.25, 0.3) is 0 Å². The Hall–Kier alpha value is -0.130. The summed E-state index contributed by atoms with van der Waals surface area (Å²) in [6, 6.07) is 1.16. The minimum Gasteiger partial charge on any atom is -0.311 e. The minimum atomic E-state index is -2.96. The Morgan fingerprint density at radius 1 is 0.857 bits per heavy atom. The summed E-state index contributed by atoms with van der Waals surface area (Å²) in [4.78, 5) is 0. The molecule has 0 amide bonds. The van der Waals surface area contributed by atoms with E-state index in [-0.39, 0.29) is 5.25 Å². The highest BCUT2D eigenvalue weighted by Crippen LogP contribution is 2.33. The number of sulfonamides is 1. The quantitative estimate of drug-likeness (QED) is 0.866. The summed E-state index contributed by atoms with van der Waals surface area (Å²) < 4.78 is 26.2. The van der Waals surface area contributed by atoms with E-state index in [2.05, 4.69) is 19.2 Å². The van der Waals surface area contributed by atoms with Crippen molar-refractivity contribution in [3.63, 3.8) is 0 Å². The fourth-order valence-electron chi connectivity index (χ4n) is 3.89. The van der Waals surface area contributed by atoms with E-state index >= 15 is 0 Å². The van der Waals surface area contributed by atoms with E-state index in [9.17, 15) is 8.42 Å². The molecule has 122 valence electrons. The molecule has 3 unspecified atom stereocenters. The summed E-state index contributed by atoms with van der Waals surface area (Å²) >= 11 is 0. The summed E-state index contributed by atoms with van der Waals surface area (Å²) in [5, 5.41) is 3.75. The topological polar surface area (TPSA) is 49.4 Å². The molecule has 1 saturated heterocycles. The van der Waals surface area contributed by atoms with E-state index in [0.29, 0.717) is 12.1 Å². The van der Waals surface area contributed by atoms with Gasteiger partial charge in [-0.05, 0) is 56.8 Å². The van der Waals surface area contributed by atoms with Crippen LogP contribution < -0.4 is 5.32 Å². The first-order valence-electron chi connectivity index (χ1n) is 8.72. The number of rotatable bonds is 4. The van der Waals surface area contributed by atoms with Crippen molar-refractivity contribution in [3.05, 3.63) is 0 Å². The summed E-state index contributed by atoms with van der Waals surface area (Å²) in [6.07, 6.45) is 7.59. The first-order chi connectivity index (χ1) is 9.96. The lowest BCUT2D eigenvalue weighted by molar-refractivity contribution is 0.195. The van der Waals surface area contributed by atoms with Crippen molar-refractivity contribution in [2.24, 2.45) is 11.8 Å². The Labute approximate surface area is 129 Å². The van der Waals surface area contributed by atoms with Crippen molar-refractivity contribution >= 4 is 10.0 Å². The highest BCUT2D eigenvalue weighted by Gasteiger charge is 2.41. The average Bonchev–Trinajstić information content (AvgIpc) is 3.28. The number of nitrogens with one attached hydrogen (secondary N) is 1. The molecule has 2 aliphatic carbocycles. The lowest BCUT2D eigenvalue weighted by atomic mass is 9.79. The number of piperidine rings is 1. The summed E-state index contributed by atoms with van der Waals surface area (Å²) in [6.45, 7) is 6.16. The molecule has 3 fully saturated rings. The molecular formula is C16H30N2O2S. The van der Waals surface area contributed by atoms with Gasteiger partial charge in [-0.15, -0.1) is 0 Å². The van der Waals surface area contributed by atoms with Crippen LogP contribution in [0.2, 0.25) is 0 Å². The van der Waals surface area contributed by atoms with Crippen molar-refractivity contribution in [1.82, 2.24) is 9.62 Å². The predicted molar refractivity (Wildman–Crippen MR) is 85.6 cm³/mol. The SMILES string of the molecule is CC1CCC(NC2CCN(S(=O)(=O)C3CC3)CC2)CC1C. The lowest BCUT2D eigenvalue weighted by Gasteiger charge is -2.38. The molecule has 3 rings (SSSR count). The van der Waals surface area contributed by atoms with Crippen molar-refractivity contribution < 1.29 is 8.42 Å². The molecule has 1 heterocycles. The molecule has 3 aliphatic rings. The van der Waals surface area contributed by atoms with Gasteiger partial charge in [0, 0.05) is 25.2 Å². The molecule has 2 saturated carbocycles. The van der Waals surface area contributed by atoms with Crippen molar-refractivity contribution in [1.29, 1.82) is 0 Å². The Morgan fingerprint density at radius 2 is 1.52 bits per heavy atom. The second kappa shape index (κ2) is 6.17. The van der Waals surface area contributed by atoms with Crippen LogP contribution in [0.1, 0.15) is 58.8 Å². The fourth-order valence-corrected chi connectivity index (χ4v) is 5.76. The molecule has 3 atom stereocenters. The molecule has 0 spiro atoms. The molecule has 0 aromatic carbocycles. The zero-order chi connectivity index (χ0) is 15.0. The zero-order valence-electron chi connectivity index (χ0n) is 13.4. The smallest absolute Gasteiger partial charge is 0.216 e. The third-order valence-corrected chi connectivity index (χ3v) is 8.23. The van der Waals surface area contributed by atoms with Gasteiger partial charge in [-0.3, -0.25) is 0 Å². The van der Waals surface area contributed by atoms with Crippen molar-refractivity contribution in [2.75, 3.05) is 13.1 Å². The molecule has 0 aromatic heterocycles. The van der Waals surface area contributed by atoms with Gasteiger partial charge in [-0.1, -0.05) is 13.8 Å². The highest BCUT2D eigenvalue weighted by atomic mass is 32.2. The minimum absolute atomic E-state index is 0.0531. The number of hydrogen-bond donors (Lipinski definition) is 1. The van der Waals surface area contributed by atoms with Gasteiger partial charge in [0.15, 0.2) is 0 Å². The Balaban J connectivity index is 1.46. The van der Waals surface area contributed by atoms with Crippen LogP contribution in [0.3, 0.4) is 0 Å². The normalized spacial score (nSPS) is 36.8. The van der Waals surface area contributed by atoms with Crippen LogP contribution in [0.15, 0.2) is 0 Å². The lowest BCUT2D eigenvalue weighted by Crippen LogP contribution is -2.49. The molecule has 5 heteroatoms. The maximum atomic E-state index is 12.2. The maximum Gasteiger partial charge on any atom is 0.216 e. The summed E-state index contributed by atoms with van der Waals surface area (Å²) in [5.74, 6) is 1.67. The van der Waals surface area contributed by atoms with E-state index in [1.54, 1.807) is 4.31 Å². The second-order valence-corrected chi connectivity index (χ2v) is 9.76. The van der Waals surface area contributed by atoms with Gasteiger partial charge in [0.2, 0.25) is 10.0 Å². The third-order valence-electron chi connectivity index (χ3n) is 5.83. The van der Waals surface area contributed by atoms with Gasteiger partial charge in [0.05, 0.1) is 5.25 Å². The summed E-state index contributed by atoms with van der Waals surface area (Å²) in [5.41, 5.74) is 0. The summed E-state index contributed by atoms with van der Waals surface area (Å²) in [7, 11) is -2.96. The molecule has 1 aliphatic heterocycles. The third kappa shape index (κ3) is 3.62. The van der Waals surface area contributed by atoms with Gasteiger partial charge in [0.1, 0.15) is 0 Å². The predicted octanol–water partition coefficient (Wildman–Crippen LogP) is 2.36. The molecule has 21 heavy (non-hydrogen) atoms. The van der Waals surface area contributed by atoms with Crippen LogP contribution in [-0.2, 0) is 10.0 Å². The first-order valence-corrected chi connectivity index (χ1v) is 10.2. The fraction of sp³-hybridized carbons (Fsp3) is 1.00. The second-order valence-electron chi connectivity index (χ2n) is 7.55. The van der Waals surface area contributed by atoms with E-state index in [1.807, 2.05) is 0 Å². The van der Waals surface area contributed by atoms with Crippen LogP contribution in [0.5, 0.6) is 0 Å². The highest BCUT2D eigenvalue weighted by molar-refractivity contribution is 7.90. The largest absolute Gasteiger partial charge is 0.311 e. The standard InChI is InChI=1S/C16H30N2O2S/c1-12-3-4-15(11-13(12)2)17-14-7-9-18(10-8-14)21(19,20)16-5-6-16/h12-17H,3-11H2,1-2H3. The molecule has 0 radical (unpaired) electrons. The molecule has 0 bridgehead atoms. The van der Waals surface area contributed by atoms with E-state index < -0.39 is 10.0 Å². The number of hydrogen-bond acceptors (Lipinski definition) is 3. The van der Waals surface area contributed by atoms with Crippen LogP contribution >= 0.6 is 0 Å². The van der Waals surface area contributed by atoms with E-state index in [1.165, 1.54) is 19.3 Å². The van der Waals surface area contributed by atoms with Crippen LogP contribution in [0, 0.1) is 11.8 Å². The monoisotopic (exact) mass is 314 g/mol. The number of nitrogens with zero attached hydrogens (tertiary/aromatic N) is 1. The van der Waals surface area contributed by atoms with E-state index in [4.69, 9.17) is 0 Å².